The number of nitro benzene ring substituents is 1. The predicted octanol–water partition coefficient (Wildman–Crippen LogP) is 3.39. The number of hydrogen-bond acceptors (Lipinski definition) is 5. The van der Waals surface area contributed by atoms with Crippen molar-refractivity contribution >= 4 is 33.1 Å². The van der Waals surface area contributed by atoms with Crippen LogP contribution in [0, 0.1) is 17.0 Å². The highest BCUT2D eigenvalue weighted by molar-refractivity contribution is 9.10. The zero-order valence-corrected chi connectivity index (χ0v) is 14.4. The van der Waals surface area contributed by atoms with Gasteiger partial charge in [0.1, 0.15) is 5.82 Å². The topological polar surface area (TPSA) is 62.5 Å². The van der Waals surface area contributed by atoms with E-state index in [1.165, 1.54) is 0 Å². The number of nitro groups is 1. The number of halogens is 1. The Balaban J connectivity index is 1.68. The summed E-state index contributed by atoms with van der Waals surface area (Å²) in [5.74, 6) is 0.979. The number of pyridine rings is 1. The van der Waals surface area contributed by atoms with E-state index >= 15 is 0 Å². The summed E-state index contributed by atoms with van der Waals surface area (Å²) in [6, 6.07) is 9.32. The van der Waals surface area contributed by atoms with Crippen LogP contribution in [-0.2, 0) is 0 Å². The maximum absolute atomic E-state index is 10.9. The van der Waals surface area contributed by atoms with Gasteiger partial charge in [-0.1, -0.05) is 0 Å². The highest BCUT2D eigenvalue weighted by Crippen LogP contribution is 2.26. The third-order valence-corrected chi connectivity index (χ3v) is 4.53. The summed E-state index contributed by atoms with van der Waals surface area (Å²) in [6.45, 7) is 5.28. The van der Waals surface area contributed by atoms with Crippen molar-refractivity contribution in [1.82, 2.24) is 4.98 Å². The van der Waals surface area contributed by atoms with Crippen molar-refractivity contribution in [2.45, 2.75) is 6.92 Å². The number of benzene rings is 1. The average Bonchev–Trinajstić information content (AvgIpc) is 2.55. The van der Waals surface area contributed by atoms with E-state index in [0.29, 0.717) is 5.56 Å². The lowest BCUT2D eigenvalue weighted by molar-refractivity contribution is -0.385. The largest absolute Gasteiger partial charge is 0.368 e. The lowest BCUT2D eigenvalue weighted by atomic mass is 10.1. The molecule has 2 heterocycles. The lowest BCUT2D eigenvalue weighted by Crippen LogP contribution is -2.46. The van der Waals surface area contributed by atoms with Crippen LogP contribution in [0.15, 0.2) is 41.0 Å². The third kappa shape index (κ3) is 3.44. The molecule has 0 bridgehead atoms. The summed E-state index contributed by atoms with van der Waals surface area (Å²) in [7, 11) is 0. The van der Waals surface area contributed by atoms with E-state index in [1.54, 1.807) is 19.2 Å². The summed E-state index contributed by atoms with van der Waals surface area (Å²) >= 11 is 3.40. The SMILES string of the molecule is Cc1cc(N2CCN(c3ccc(Br)cn3)CC2)ccc1[N+](=O)[O-]. The fourth-order valence-corrected chi connectivity index (χ4v) is 3.02. The second-order valence-corrected chi connectivity index (χ2v) is 6.45. The molecule has 0 unspecified atom stereocenters. The molecule has 3 rings (SSSR count). The maximum atomic E-state index is 10.9. The number of aryl methyl sites for hydroxylation is 1. The molecule has 1 aliphatic heterocycles. The Morgan fingerprint density at radius 1 is 1.13 bits per heavy atom. The zero-order chi connectivity index (χ0) is 16.4. The number of anilines is 2. The molecule has 1 fully saturated rings. The van der Waals surface area contributed by atoms with Crippen molar-refractivity contribution in [2.24, 2.45) is 0 Å². The van der Waals surface area contributed by atoms with Gasteiger partial charge in [0.2, 0.25) is 0 Å². The first-order chi connectivity index (χ1) is 11.0. The second kappa shape index (κ2) is 6.54. The van der Waals surface area contributed by atoms with Crippen molar-refractivity contribution in [2.75, 3.05) is 36.0 Å². The van der Waals surface area contributed by atoms with Gasteiger partial charge in [0, 0.05) is 54.2 Å². The van der Waals surface area contributed by atoms with E-state index in [9.17, 15) is 10.1 Å². The molecule has 0 radical (unpaired) electrons. The molecule has 2 aromatic rings. The van der Waals surface area contributed by atoms with E-state index in [2.05, 4.69) is 30.7 Å². The molecule has 0 amide bonds. The summed E-state index contributed by atoms with van der Waals surface area (Å²) < 4.78 is 0.973. The van der Waals surface area contributed by atoms with Crippen molar-refractivity contribution in [3.8, 4) is 0 Å². The second-order valence-electron chi connectivity index (χ2n) is 5.54. The molecule has 0 aliphatic carbocycles. The van der Waals surface area contributed by atoms with Gasteiger partial charge in [-0.3, -0.25) is 10.1 Å². The van der Waals surface area contributed by atoms with Gasteiger partial charge in [0.25, 0.3) is 5.69 Å². The number of hydrogen-bond donors (Lipinski definition) is 0. The van der Waals surface area contributed by atoms with Crippen LogP contribution in [-0.4, -0.2) is 36.1 Å². The van der Waals surface area contributed by atoms with Gasteiger partial charge in [-0.15, -0.1) is 0 Å². The quantitative estimate of drug-likeness (QED) is 0.606. The highest BCUT2D eigenvalue weighted by Gasteiger charge is 2.20. The summed E-state index contributed by atoms with van der Waals surface area (Å²) in [4.78, 5) is 19.5. The highest BCUT2D eigenvalue weighted by atomic mass is 79.9. The Labute approximate surface area is 143 Å². The minimum Gasteiger partial charge on any atom is -0.368 e. The van der Waals surface area contributed by atoms with Gasteiger partial charge >= 0.3 is 0 Å². The van der Waals surface area contributed by atoms with Crippen LogP contribution in [0.2, 0.25) is 0 Å². The van der Waals surface area contributed by atoms with Crippen LogP contribution in [0.1, 0.15) is 5.56 Å². The molecule has 0 atom stereocenters. The summed E-state index contributed by atoms with van der Waals surface area (Å²) in [5, 5.41) is 10.9. The zero-order valence-electron chi connectivity index (χ0n) is 12.8. The molecule has 1 aliphatic rings. The molecular weight excluding hydrogens is 360 g/mol. The summed E-state index contributed by atoms with van der Waals surface area (Å²) in [5.41, 5.74) is 1.91. The van der Waals surface area contributed by atoms with Crippen LogP contribution < -0.4 is 9.80 Å². The first-order valence-corrected chi connectivity index (χ1v) is 8.20. The standard InChI is InChI=1S/C16H17BrN4O2/c1-12-10-14(3-4-15(12)21(22)23)19-6-8-20(9-7-19)16-5-2-13(17)11-18-16/h2-5,10-11H,6-9H2,1H3. The molecule has 1 aromatic carbocycles. The fourth-order valence-electron chi connectivity index (χ4n) is 2.79. The van der Waals surface area contributed by atoms with Crippen molar-refractivity contribution in [1.29, 1.82) is 0 Å². The van der Waals surface area contributed by atoms with E-state index in [4.69, 9.17) is 0 Å². The molecule has 0 N–H and O–H groups in total. The molecule has 0 saturated carbocycles. The monoisotopic (exact) mass is 376 g/mol. The molecule has 120 valence electrons. The Bertz CT molecular complexity index is 713. The van der Waals surface area contributed by atoms with Crippen LogP contribution in [0.3, 0.4) is 0 Å². The number of nitrogens with zero attached hydrogens (tertiary/aromatic N) is 4. The van der Waals surface area contributed by atoms with Crippen molar-refractivity contribution in [3.05, 3.63) is 56.7 Å². The van der Waals surface area contributed by atoms with Gasteiger partial charge < -0.3 is 9.80 Å². The number of piperazine rings is 1. The van der Waals surface area contributed by atoms with E-state index in [-0.39, 0.29) is 10.6 Å². The summed E-state index contributed by atoms with van der Waals surface area (Å²) in [6.07, 6.45) is 1.81. The number of aromatic nitrogens is 1. The lowest BCUT2D eigenvalue weighted by Gasteiger charge is -2.36. The fraction of sp³-hybridized carbons (Fsp3) is 0.312. The van der Waals surface area contributed by atoms with Crippen LogP contribution in [0.4, 0.5) is 17.2 Å². The number of rotatable bonds is 3. The predicted molar refractivity (Wildman–Crippen MR) is 94.2 cm³/mol. The van der Waals surface area contributed by atoms with Gasteiger partial charge in [-0.05, 0) is 47.1 Å². The molecule has 23 heavy (non-hydrogen) atoms. The third-order valence-electron chi connectivity index (χ3n) is 4.06. The Kier molecular flexibility index (Phi) is 4.47. The maximum Gasteiger partial charge on any atom is 0.272 e. The van der Waals surface area contributed by atoms with Gasteiger partial charge in [-0.2, -0.15) is 0 Å². The van der Waals surface area contributed by atoms with E-state index in [0.717, 1.165) is 42.2 Å². The van der Waals surface area contributed by atoms with Crippen LogP contribution >= 0.6 is 15.9 Å². The average molecular weight is 377 g/mol. The first-order valence-electron chi connectivity index (χ1n) is 7.41. The minimum atomic E-state index is -0.337. The molecule has 6 nitrogen and oxygen atoms in total. The van der Waals surface area contributed by atoms with Crippen molar-refractivity contribution in [3.63, 3.8) is 0 Å². The van der Waals surface area contributed by atoms with Gasteiger partial charge in [0.15, 0.2) is 0 Å². The van der Waals surface area contributed by atoms with Crippen LogP contribution in [0.5, 0.6) is 0 Å². The van der Waals surface area contributed by atoms with Gasteiger partial charge in [-0.25, -0.2) is 4.98 Å². The first kappa shape index (κ1) is 15.7. The van der Waals surface area contributed by atoms with Crippen molar-refractivity contribution < 1.29 is 4.92 Å². The smallest absolute Gasteiger partial charge is 0.272 e. The van der Waals surface area contributed by atoms with Gasteiger partial charge in [0.05, 0.1) is 4.92 Å². The molecular formula is C16H17BrN4O2. The molecule has 7 heteroatoms. The van der Waals surface area contributed by atoms with E-state index in [1.807, 2.05) is 24.3 Å². The Morgan fingerprint density at radius 3 is 2.39 bits per heavy atom. The van der Waals surface area contributed by atoms with E-state index < -0.39 is 0 Å². The molecule has 1 aromatic heterocycles. The normalized spacial score (nSPS) is 14.9. The Morgan fingerprint density at radius 2 is 1.83 bits per heavy atom. The van der Waals surface area contributed by atoms with Crippen LogP contribution in [0.25, 0.3) is 0 Å². The molecule has 0 spiro atoms. The molecule has 1 saturated heterocycles. The minimum absolute atomic E-state index is 0.173. The Hall–Kier alpha value is -2.15.